The quantitative estimate of drug-likeness (QED) is 0.351. The number of alkyl halides is 18. The first-order valence-electron chi connectivity index (χ1n) is 6.22. The number of halogens is 18. The normalized spacial score (nSPS) is 17.8. The second kappa shape index (κ2) is 7.75. The summed E-state index contributed by atoms with van der Waals surface area (Å²) in [6.45, 7) is 0. The molecule has 29 heavy (non-hydrogen) atoms. The lowest BCUT2D eigenvalue weighted by molar-refractivity contribution is -0.486. The van der Waals surface area contributed by atoms with Crippen LogP contribution in [0.4, 0.5) is 79.0 Å². The Kier molecular flexibility index (Phi) is 7.40. The minimum atomic E-state index is -7.60. The van der Waals surface area contributed by atoms with Crippen LogP contribution in [0.3, 0.4) is 0 Å². The van der Waals surface area contributed by atoms with Gasteiger partial charge in [0.25, 0.3) is 0 Å². The molecule has 0 fully saturated rings. The second-order valence-electron chi connectivity index (χ2n) is 5.06. The zero-order valence-corrected chi connectivity index (χ0v) is 12.5. The summed E-state index contributed by atoms with van der Waals surface area (Å²) in [5.41, 5.74) is 0. The molecule has 0 heterocycles. The van der Waals surface area contributed by atoms with E-state index in [1.807, 2.05) is 0 Å². The summed E-state index contributed by atoms with van der Waals surface area (Å²) in [5, 5.41) is 0. The van der Waals surface area contributed by atoms with Gasteiger partial charge in [0.05, 0.1) is 0 Å². The van der Waals surface area contributed by atoms with Crippen molar-refractivity contribution in [3.05, 3.63) is 0 Å². The first-order chi connectivity index (χ1) is 12.4. The van der Waals surface area contributed by atoms with Crippen LogP contribution < -0.4 is 0 Å². The van der Waals surface area contributed by atoms with Gasteiger partial charge in [-0.05, 0) is 0 Å². The van der Waals surface area contributed by atoms with Crippen molar-refractivity contribution in [1.29, 1.82) is 0 Å². The van der Waals surface area contributed by atoms with Crippen molar-refractivity contribution in [1.82, 2.24) is 0 Å². The molecule has 0 saturated heterocycles. The predicted molar refractivity (Wildman–Crippen MR) is 52.6 cm³/mol. The maximum Gasteiger partial charge on any atom is 0.427 e. The Labute approximate surface area is 146 Å². The van der Waals surface area contributed by atoms with Gasteiger partial charge in [-0.2, -0.15) is 52.7 Å². The van der Waals surface area contributed by atoms with Crippen molar-refractivity contribution in [2.24, 2.45) is 0 Å². The molecule has 0 rings (SSSR count). The third-order valence-electron chi connectivity index (χ3n) is 2.93. The summed E-state index contributed by atoms with van der Waals surface area (Å²) in [6.07, 6.45) is -38.3. The van der Waals surface area contributed by atoms with Gasteiger partial charge >= 0.3 is 48.8 Å². The number of hydrogen-bond acceptors (Lipinski definition) is 1. The van der Waals surface area contributed by atoms with Gasteiger partial charge in [0.1, 0.15) is 0 Å². The maximum absolute atomic E-state index is 12.9. The van der Waals surface area contributed by atoms with Crippen molar-refractivity contribution in [2.45, 2.75) is 61.1 Å². The Balaban J connectivity index is 6.01. The number of rotatable bonds is 10. The van der Waals surface area contributed by atoms with E-state index in [1.165, 1.54) is 4.74 Å². The Morgan fingerprint density at radius 1 is 0.414 bits per heavy atom. The van der Waals surface area contributed by atoms with Crippen LogP contribution in [0.1, 0.15) is 0 Å². The van der Waals surface area contributed by atoms with Gasteiger partial charge in [-0.3, -0.25) is 0 Å². The molecule has 0 radical (unpaired) electrons. The van der Waals surface area contributed by atoms with Crippen LogP contribution in [0, 0.1) is 0 Å². The minimum absolute atomic E-state index is 1.34. The van der Waals surface area contributed by atoms with Crippen LogP contribution in [0.25, 0.3) is 0 Å². The van der Waals surface area contributed by atoms with Crippen molar-refractivity contribution < 1.29 is 83.8 Å². The fourth-order valence-electron chi connectivity index (χ4n) is 1.30. The monoisotopic (exact) mass is 482 g/mol. The van der Waals surface area contributed by atoms with E-state index >= 15 is 0 Å². The van der Waals surface area contributed by atoms with Crippen LogP contribution in [0.5, 0.6) is 0 Å². The smallest absolute Gasteiger partial charge is 0.245 e. The highest BCUT2D eigenvalue weighted by Crippen LogP contribution is 2.52. The maximum atomic E-state index is 12.9. The topological polar surface area (TPSA) is 9.23 Å². The van der Waals surface area contributed by atoms with Crippen LogP contribution in [-0.4, -0.2) is 61.1 Å². The SMILES string of the molecule is FC(F)C(F)(F)C(F)C(F)(F)C(F)(F)OC(F)(F)C(F)(F)C(F)C(F)(F)C(F)F. The molecule has 0 aliphatic heterocycles. The summed E-state index contributed by atoms with van der Waals surface area (Å²) >= 11 is 0. The Hall–Kier alpha value is -1.30. The van der Waals surface area contributed by atoms with E-state index in [1.54, 1.807) is 0 Å². The fraction of sp³-hybridized carbons (Fsp3) is 1.00. The van der Waals surface area contributed by atoms with E-state index in [0.717, 1.165) is 0 Å². The molecule has 0 aromatic rings. The van der Waals surface area contributed by atoms with Gasteiger partial charge in [-0.1, -0.05) is 0 Å². The second-order valence-corrected chi connectivity index (χ2v) is 5.06. The lowest BCUT2D eigenvalue weighted by atomic mass is 10.1. The summed E-state index contributed by atoms with van der Waals surface area (Å²) < 4.78 is 227. The van der Waals surface area contributed by atoms with Gasteiger partial charge < -0.3 is 0 Å². The summed E-state index contributed by atoms with van der Waals surface area (Å²) in [7, 11) is 0. The minimum Gasteiger partial charge on any atom is -0.245 e. The molecule has 0 N–H and O–H groups in total. The van der Waals surface area contributed by atoms with E-state index in [4.69, 9.17) is 0 Å². The third-order valence-corrected chi connectivity index (χ3v) is 2.93. The van der Waals surface area contributed by atoms with Gasteiger partial charge in [0.15, 0.2) is 0 Å². The highest BCUT2D eigenvalue weighted by molar-refractivity contribution is 4.99. The van der Waals surface area contributed by atoms with Gasteiger partial charge in [0, 0.05) is 0 Å². The molecule has 1 nitrogen and oxygen atoms in total. The summed E-state index contributed by atoms with van der Waals surface area (Å²) in [4.78, 5) is 0. The van der Waals surface area contributed by atoms with Crippen molar-refractivity contribution in [3.8, 4) is 0 Å². The van der Waals surface area contributed by atoms with Crippen molar-refractivity contribution >= 4 is 0 Å². The Bertz CT molecular complexity index is 507. The van der Waals surface area contributed by atoms with Crippen LogP contribution in [-0.2, 0) is 4.74 Å². The molecule has 0 spiro atoms. The Morgan fingerprint density at radius 3 is 0.793 bits per heavy atom. The van der Waals surface area contributed by atoms with Crippen LogP contribution >= 0.6 is 0 Å². The van der Waals surface area contributed by atoms with Crippen LogP contribution in [0.15, 0.2) is 0 Å². The van der Waals surface area contributed by atoms with Gasteiger partial charge in [-0.25, -0.2) is 31.1 Å². The molecular formula is C10H4F18O. The van der Waals surface area contributed by atoms with E-state index in [0.29, 0.717) is 0 Å². The van der Waals surface area contributed by atoms with Gasteiger partial charge in [-0.15, -0.1) is 0 Å². The first-order valence-corrected chi connectivity index (χ1v) is 6.22. The van der Waals surface area contributed by atoms with E-state index in [9.17, 15) is 79.0 Å². The molecule has 2 atom stereocenters. The summed E-state index contributed by atoms with van der Waals surface area (Å²) in [5.74, 6) is -28.4. The standard InChI is InChI=1S/C10H4F18O/c11-1(5(17,18)3(13)14)7(21,22)9(25,26)29-10(27,28)8(23,24)2(12)6(19,20)4(15)16/h1-4H. The molecular weight excluding hydrogens is 478 g/mol. The molecule has 2 unspecified atom stereocenters. The first kappa shape index (κ1) is 27.7. The Morgan fingerprint density at radius 2 is 0.621 bits per heavy atom. The van der Waals surface area contributed by atoms with E-state index in [-0.39, 0.29) is 0 Å². The molecule has 0 aromatic heterocycles. The molecule has 19 heteroatoms. The molecule has 0 aliphatic rings. The van der Waals surface area contributed by atoms with Crippen molar-refractivity contribution in [2.75, 3.05) is 0 Å². The average Bonchev–Trinajstić information content (AvgIpc) is 2.51. The van der Waals surface area contributed by atoms with Crippen molar-refractivity contribution in [3.63, 3.8) is 0 Å². The van der Waals surface area contributed by atoms with Gasteiger partial charge in [0.2, 0.25) is 12.3 Å². The zero-order chi connectivity index (χ0) is 24.0. The lowest BCUT2D eigenvalue weighted by Gasteiger charge is -2.37. The number of ether oxygens (including phenoxy) is 1. The molecule has 0 amide bonds. The zero-order valence-electron chi connectivity index (χ0n) is 12.5. The fourth-order valence-corrected chi connectivity index (χ4v) is 1.30. The molecule has 0 bridgehead atoms. The highest BCUT2D eigenvalue weighted by atomic mass is 19.4. The lowest BCUT2D eigenvalue weighted by Crippen LogP contribution is -2.64. The van der Waals surface area contributed by atoms with Crippen LogP contribution in [0.2, 0.25) is 0 Å². The highest BCUT2D eigenvalue weighted by Gasteiger charge is 2.79. The molecule has 0 saturated carbocycles. The van der Waals surface area contributed by atoms with E-state index in [2.05, 4.69) is 0 Å². The molecule has 0 aliphatic carbocycles. The molecule has 176 valence electrons. The predicted octanol–water partition coefficient (Wildman–Crippen LogP) is 5.94. The number of hydrogen-bond donors (Lipinski definition) is 0. The summed E-state index contributed by atoms with van der Waals surface area (Å²) in [6, 6.07) is 0. The van der Waals surface area contributed by atoms with E-state index < -0.39 is 61.1 Å². The molecule has 0 aromatic carbocycles. The third kappa shape index (κ3) is 4.73. The average molecular weight is 482 g/mol. The largest absolute Gasteiger partial charge is 0.427 e.